The van der Waals surface area contributed by atoms with Crippen molar-refractivity contribution >= 4 is 34.7 Å². The molecule has 0 amide bonds. The fraction of sp³-hybridized carbons (Fsp3) is 0.0500. The van der Waals surface area contributed by atoms with Gasteiger partial charge in [0.25, 0.3) is 5.69 Å². The summed E-state index contributed by atoms with van der Waals surface area (Å²) in [4.78, 5) is 23.1. The fourth-order valence-electron chi connectivity index (χ4n) is 2.55. The number of nitro benzene ring substituents is 1. The zero-order valence-electron chi connectivity index (χ0n) is 14.8. The number of non-ortho nitro benzene ring substituents is 1. The highest BCUT2D eigenvalue weighted by atomic mass is 35.5. The van der Waals surface area contributed by atoms with Crippen molar-refractivity contribution < 1.29 is 23.6 Å². The normalized spacial score (nSPS) is 10.5. The molecule has 148 valence electrons. The van der Waals surface area contributed by atoms with E-state index in [4.69, 9.17) is 32.7 Å². The number of carbonyl (C=O) groups excluding carboxylic acids is 1. The zero-order chi connectivity index (χ0) is 21.1. The van der Waals surface area contributed by atoms with Crippen molar-refractivity contribution in [3.05, 3.63) is 91.7 Å². The third kappa shape index (κ3) is 4.47. The molecule has 0 radical (unpaired) electrons. The van der Waals surface area contributed by atoms with Gasteiger partial charge in [0.05, 0.1) is 27.6 Å². The van der Waals surface area contributed by atoms with Gasteiger partial charge in [-0.25, -0.2) is 4.39 Å². The molecule has 0 aliphatic carbocycles. The van der Waals surface area contributed by atoms with Crippen molar-refractivity contribution in [1.29, 1.82) is 0 Å². The average Bonchev–Trinajstić information content (AvgIpc) is 2.70. The largest absolute Gasteiger partial charge is 0.496 e. The summed E-state index contributed by atoms with van der Waals surface area (Å²) in [6.07, 6.45) is 0. The van der Waals surface area contributed by atoms with Crippen LogP contribution in [0, 0.1) is 15.9 Å². The van der Waals surface area contributed by atoms with Crippen molar-refractivity contribution in [3.8, 4) is 17.2 Å². The molecule has 0 spiro atoms. The number of hydrogen-bond donors (Lipinski definition) is 0. The number of benzene rings is 3. The molecule has 3 aromatic rings. The maximum absolute atomic E-state index is 13.1. The van der Waals surface area contributed by atoms with Crippen molar-refractivity contribution in [2.24, 2.45) is 0 Å². The van der Waals surface area contributed by atoms with Crippen LogP contribution in [0.3, 0.4) is 0 Å². The van der Waals surface area contributed by atoms with E-state index in [0.717, 1.165) is 12.1 Å². The Labute approximate surface area is 174 Å². The molecule has 6 nitrogen and oxygen atoms in total. The summed E-state index contributed by atoms with van der Waals surface area (Å²) >= 11 is 12.1. The second kappa shape index (κ2) is 8.46. The summed E-state index contributed by atoms with van der Waals surface area (Å²) in [6.45, 7) is 0. The van der Waals surface area contributed by atoms with E-state index in [1.807, 2.05) is 0 Å². The highest BCUT2D eigenvalue weighted by Crippen LogP contribution is 2.40. The number of nitrogens with zero attached hydrogens (tertiary/aromatic N) is 1. The van der Waals surface area contributed by atoms with E-state index in [0.29, 0.717) is 0 Å². The predicted octanol–water partition coefficient (Wildman–Crippen LogP) is 6.07. The van der Waals surface area contributed by atoms with Crippen molar-refractivity contribution in [2.45, 2.75) is 0 Å². The lowest BCUT2D eigenvalue weighted by Gasteiger charge is -2.13. The molecule has 0 fully saturated rings. The maximum Gasteiger partial charge on any atom is 0.272 e. The zero-order valence-corrected chi connectivity index (χ0v) is 16.3. The van der Waals surface area contributed by atoms with Crippen LogP contribution in [0.4, 0.5) is 10.1 Å². The second-order valence-corrected chi connectivity index (χ2v) is 6.61. The first-order valence-corrected chi connectivity index (χ1v) is 8.85. The van der Waals surface area contributed by atoms with Crippen LogP contribution >= 0.6 is 23.2 Å². The van der Waals surface area contributed by atoms with Gasteiger partial charge in [0.1, 0.15) is 17.3 Å². The maximum atomic E-state index is 13.1. The van der Waals surface area contributed by atoms with Gasteiger partial charge in [-0.15, -0.1) is 0 Å². The molecule has 0 atom stereocenters. The van der Waals surface area contributed by atoms with E-state index in [1.54, 1.807) is 0 Å². The standard InChI is InChI=1S/C20H12Cl2FNO5/c1-28-18-7-6-14(10-15(18)19(25)11-2-4-12(23)5-3-11)29-20-16(21)8-13(24(26)27)9-17(20)22/h2-10H,1H3. The minimum atomic E-state index is -0.631. The molecule has 0 unspecified atom stereocenters. The van der Waals surface area contributed by atoms with Crippen LogP contribution in [0.2, 0.25) is 10.0 Å². The fourth-order valence-corrected chi connectivity index (χ4v) is 3.10. The van der Waals surface area contributed by atoms with Crippen LogP contribution in [-0.2, 0) is 0 Å². The molecular formula is C20H12Cl2FNO5. The molecule has 0 bridgehead atoms. The molecule has 0 saturated carbocycles. The number of halogens is 3. The molecule has 9 heteroatoms. The Kier molecular flexibility index (Phi) is 6.00. The highest BCUT2D eigenvalue weighted by Gasteiger charge is 2.19. The van der Waals surface area contributed by atoms with E-state index in [-0.39, 0.29) is 44.1 Å². The number of methoxy groups -OCH3 is 1. The smallest absolute Gasteiger partial charge is 0.272 e. The molecule has 0 aliphatic heterocycles. The second-order valence-electron chi connectivity index (χ2n) is 5.80. The molecule has 0 N–H and O–H groups in total. The third-order valence-electron chi connectivity index (χ3n) is 3.94. The number of ether oxygens (including phenoxy) is 2. The van der Waals surface area contributed by atoms with E-state index >= 15 is 0 Å². The molecule has 3 aromatic carbocycles. The van der Waals surface area contributed by atoms with Gasteiger partial charge in [0, 0.05) is 17.7 Å². The molecule has 29 heavy (non-hydrogen) atoms. The molecule has 0 saturated heterocycles. The van der Waals surface area contributed by atoms with Gasteiger partial charge in [0.15, 0.2) is 11.5 Å². The first-order chi connectivity index (χ1) is 13.8. The van der Waals surface area contributed by atoms with Crippen molar-refractivity contribution in [2.75, 3.05) is 7.11 Å². The summed E-state index contributed by atoms with van der Waals surface area (Å²) in [6, 6.07) is 11.7. The summed E-state index contributed by atoms with van der Waals surface area (Å²) in [5, 5.41) is 10.8. The monoisotopic (exact) mass is 435 g/mol. The van der Waals surface area contributed by atoms with Gasteiger partial charge >= 0.3 is 0 Å². The number of hydrogen-bond acceptors (Lipinski definition) is 5. The lowest BCUT2D eigenvalue weighted by molar-refractivity contribution is -0.384. The van der Waals surface area contributed by atoms with Crippen LogP contribution in [0.25, 0.3) is 0 Å². The number of nitro groups is 1. The first kappa shape index (κ1) is 20.6. The summed E-state index contributed by atoms with van der Waals surface area (Å²) in [7, 11) is 1.40. The lowest BCUT2D eigenvalue weighted by atomic mass is 10.0. The van der Waals surface area contributed by atoms with Gasteiger partial charge in [-0.05, 0) is 42.5 Å². The molecule has 0 aromatic heterocycles. The van der Waals surface area contributed by atoms with E-state index in [9.17, 15) is 19.3 Å². The molecule has 3 rings (SSSR count). The Morgan fingerprint density at radius 1 is 1.03 bits per heavy atom. The quantitative estimate of drug-likeness (QED) is 0.266. The lowest BCUT2D eigenvalue weighted by Crippen LogP contribution is -2.04. The van der Waals surface area contributed by atoms with Crippen LogP contribution in [0.1, 0.15) is 15.9 Å². The van der Waals surface area contributed by atoms with E-state index in [2.05, 4.69) is 0 Å². The summed E-state index contributed by atoms with van der Waals surface area (Å²) < 4.78 is 24.0. The predicted molar refractivity (Wildman–Crippen MR) is 106 cm³/mol. The molecule has 0 heterocycles. The number of rotatable bonds is 6. The first-order valence-electron chi connectivity index (χ1n) is 8.09. The average molecular weight is 436 g/mol. The number of carbonyl (C=O) groups is 1. The Hall–Kier alpha value is -3.16. The van der Waals surface area contributed by atoms with Crippen molar-refractivity contribution in [3.63, 3.8) is 0 Å². The van der Waals surface area contributed by atoms with E-state index in [1.165, 1.54) is 49.6 Å². The van der Waals surface area contributed by atoms with Gasteiger partial charge < -0.3 is 9.47 Å². The van der Waals surface area contributed by atoms with Crippen LogP contribution < -0.4 is 9.47 Å². The van der Waals surface area contributed by atoms with Gasteiger partial charge in [-0.2, -0.15) is 0 Å². The molecular weight excluding hydrogens is 424 g/mol. The minimum absolute atomic E-state index is 0.00396. The van der Waals surface area contributed by atoms with Crippen LogP contribution in [-0.4, -0.2) is 17.8 Å². The highest BCUT2D eigenvalue weighted by molar-refractivity contribution is 6.37. The minimum Gasteiger partial charge on any atom is -0.496 e. The Morgan fingerprint density at radius 2 is 1.66 bits per heavy atom. The van der Waals surface area contributed by atoms with Gasteiger partial charge in [-0.1, -0.05) is 23.2 Å². The van der Waals surface area contributed by atoms with Gasteiger partial charge in [0.2, 0.25) is 0 Å². The SMILES string of the molecule is COc1ccc(Oc2c(Cl)cc([N+](=O)[O-])cc2Cl)cc1C(=O)c1ccc(F)cc1. The van der Waals surface area contributed by atoms with Crippen LogP contribution in [0.5, 0.6) is 17.2 Å². The van der Waals surface area contributed by atoms with Crippen molar-refractivity contribution in [1.82, 2.24) is 0 Å². The summed E-state index contributed by atoms with van der Waals surface area (Å²) in [5.41, 5.74) is 0.147. The topological polar surface area (TPSA) is 78.7 Å². The number of ketones is 1. The Bertz CT molecular complexity index is 1080. The third-order valence-corrected chi connectivity index (χ3v) is 4.50. The van der Waals surface area contributed by atoms with Gasteiger partial charge in [-0.3, -0.25) is 14.9 Å². The molecule has 0 aliphatic rings. The Balaban J connectivity index is 1.98. The Morgan fingerprint density at radius 3 is 2.21 bits per heavy atom. The van der Waals surface area contributed by atoms with E-state index < -0.39 is 16.5 Å². The van der Waals surface area contributed by atoms with Crippen LogP contribution in [0.15, 0.2) is 54.6 Å². The summed E-state index contributed by atoms with van der Waals surface area (Å²) in [5.74, 6) is -0.382.